The summed E-state index contributed by atoms with van der Waals surface area (Å²) >= 11 is 0. The van der Waals surface area contributed by atoms with Gasteiger partial charge in [-0.25, -0.2) is 0 Å². The molecule has 0 radical (unpaired) electrons. The minimum atomic E-state index is -0.590. The number of amides is 1. The average molecular weight is 398 g/mol. The Labute approximate surface area is 175 Å². The first kappa shape index (κ1) is 18.4. The van der Waals surface area contributed by atoms with Crippen molar-refractivity contribution in [3.05, 3.63) is 95.6 Å². The van der Waals surface area contributed by atoms with Crippen LogP contribution in [0, 0.1) is 0 Å². The molecule has 0 unspecified atom stereocenters. The van der Waals surface area contributed by atoms with Gasteiger partial charge < -0.3 is 9.73 Å². The highest BCUT2D eigenvalue weighted by molar-refractivity contribution is 6.05. The number of carbonyl (C=O) groups is 2. The molecule has 150 valence electrons. The van der Waals surface area contributed by atoms with Gasteiger partial charge in [0, 0.05) is 24.6 Å². The zero-order chi connectivity index (χ0) is 20.7. The molecule has 30 heavy (non-hydrogen) atoms. The predicted molar refractivity (Wildman–Crippen MR) is 115 cm³/mol. The molecule has 0 bridgehead atoms. The van der Waals surface area contributed by atoms with Gasteiger partial charge in [-0.2, -0.15) is 0 Å². The number of para-hydroxylation sites is 2. The van der Waals surface area contributed by atoms with Gasteiger partial charge in [0.05, 0.1) is 17.6 Å². The molecule has 0 saturated carbocycles. The van der Waals surface area contributed by atoms with Gasteiger partial charge in [0.25, 0.3) is 0 Å². The zero-order valence-electron chi connectivity index (χ0n) is 16.7. The van der Waals surface area contributed by atoms with E-state index in [1.54, 1.807) is 17.2 Å². The number of fused-ring (bicyclic) bond motifs is 1. The molecule has 0 spiro atoms. The first-order chi connectivity index (χ1) is 14.6. The fourth-order valence-electron chi connectivity index (χ4n) is 4.62. The summed E-state index contributed by atoms with van der Waals surface area (Å²) in [5, 5.41) is 3.49. The molecular formula is C25H22N2O3. The van der Waals surface area contributed by atoms with Crippen molar-refractivity contribution < 1.29 is 14.0 Å². The highest BCUT2D eigenvalue weighted by Gasteiger charge is 2.41. The molecule has 0 fully saturated rings. The number of carbonyl (C=O) groups excluding carboxylic acids is 2. The Morgan fingerprint density at radius 1 is 1.00 bits per heavy atom. The lowest BCUT2D eigenvalue weighted by atomic mass is 9.79. The number of benzene rings is 2. The minimum absolute atomic E-state index is 0.0399. The molecule has 2 atom stereocenters. The third kappa shape index (κ3) is 3.03. The monoisotopic (exact) mass is 398 g/mol. The minimum Gasteiger partial charge on any atom is -0.467 e. The van der Waals surface area contributed by atoms with Gasteiger partial charge in [-0.15, -0.1) is 0 Å². The SMILES string of the molecule is CC(=O)N1c2ccccc2NC2=C(C(=O)C[C@H](c3ccccc3)C2)[C@H]1c1ccco1. The van der Waals surface area contributed by atoms with Gasteiger partial charge in [0.15, 0.2) is 5.78 Å². The second-order valence-corrected chi connectivity index (χ2v) is 7.78. The molecular weight excluding hydrogens is 376 g/mol. The maximum atomic E-state index is 13.5. The van der Waals surface area contributed by atoms with Gasteiger partial charge in [-0.05, 0) is 42.2 Å². The van der Waals surface area contributed by atoms with Crippen LogP contribution in [0.1, 0.15) is 43.0 Å². The Morgan fingerprint density at radius 2 is 1.77 bits per heavy atom. The number of hydrogen-bond donors (Lipinski definition) is 1. The van der Waals surface area contributed by atoms with E-state index in [4.69, 9.17) is 4.42 Å². The van der Waals surface area contributed by atoms with Crippen LogP contribution in [0.15, 0.2) is 88.7 Å². The van der Waals surface area contributed by atoms with Crippen LogP contribution in [-0.4, -0.2) is 11.7 Å². The van der Waals surface area contributed by atoms with Crippen LogP contribution in [0.3, 0.4) is 0 Å². The second-order valence-electron chi connectivity index (χ2n) is 7.78. The topological polar surface area (TPSA) is 62.6 Å². The molecule has 1 aliphatic heterocycles. The average Bonchev–Trinajstić information content (AvgIpc) is 3.23. The first-order valence-corrected chi connectivity index (χ1v) is 10.1. The Balaban J connectivity index is 1.69. The Kier molecular flexibility index (Phi) is 4.51. The van der Waals surface area contributed by atoms with Gasteiger partial charge in [0.2, 0.25) is 5.91 Å². The summed E-state index contributed by atoms with van der Waals surface area (Å²) in [6, 6.07) is 20.8. The quantitative estimate of drug-likeness (QED) is 0.644. The van der Waals surface area contributed by atoms with Crippen LogP contribution in [0.4, 0.5) is 11.4 Å². The van der Waals surface area contributed by atoms with Gasteiger partial charge in [0.1, 0.15) is 11.8 Å². The molecule has 2 aliphatic rings. The number of Topliss-reactive ketones (excluding diaryl/α,β-unsaturated/α-hetero) is 1. The van der Waals surface area contributed by atoms with E-state index in [1.165, 1.54) is 6.92 Å². The van der Waals surface area contributed by atoms with E-state index in [2.05, 4.69) is 17.4 Å². The molecule has 1 aromatic heterocycles. The Hall–Kier alpha value is -3.60. The standard InChI is InChI=1S/C25H22N2O3/c1-16(28)27-21-11-6-5-10-19(21)26-20-14-18(17-8-3-2-4-9-17)15-22(29)24(20)25(27)23-12-7-13-30-23/h2-13,18,25-26H,14-15H2,1H3/t18-,25-/m1/s1. The third-order valence-corrected chi connectivity index (χ3v) is 5.91. The van der Waals surface area contributed by atoms with Crippen LogP contribution in [0.25, 0.3) is 0 Å². The normalized spacial score (nSPS) is 20.8. The number of nitrogens with one attached hydrogen (secondary N) is 1. The van der Waals surface area contributed by atoms with Crippen molar-refractivity contribution in [1.29, 1.82) is 0 Å². The fourth-order valence-corrected chi connectivity index (χ4v) is 4.62. The molecule has 2 aromatic carbocycles. The molecule has 2 heterocycles. The van der Waals surface area contributed by atoms with E-state index in [0.29, 0.717) is 24.2 Å². The summed E-state index contributed by atoms with van der Waals surface area (Å²) in [7, 11) is 0. The van der Waals surface area contributed by atoms with Crippen molar-refractivity contribution in [2.45, 2.75) is 31.7 Å². The second kappa shape index (κ2) is 7.34. The molecule has 5 nitrogen and oxygen atoms in total. The molecule has 5 rings (SSSR count). The van der Waals surface area contributed by atoms with E-state index >= 15 is 0 Å². The third-order valence-electron chi connectivity index (χ3n) is 5.91. The number of hydrogen-bond acceptors (Lipinski definition) is 4. The Morgan fingerprint density at radius 3 is 2.50 bits per heavy atom. The number of furan rings is 1. The highest BCUT2D eigenvalue weighted by Crippen LogP contribution is 2.47. The van der Waals surface area contributed by atoms with Crippen LogP contribution >= 0.6 is 0 Å². The van der Waals surface area contributed by atoms with Crippen LogP contribution in [0.2, 0.25) is 0 Å². The summed E-state index contributed by atoms with van der Waals surface area (Å²) in [5.41, 5.74) is 4.18. The van der Waals surface area contributed by atoms with E-state index in [0.717, 1.165) is 22.6 Å². The van der Waals surface area contributed by atoms with Crippen molar-refractivity contribution in [2.24, 2.45) is 0 Å². The smallest absolute Gasteiger partial charge is 0.224 e. The lowest BCUT2D eigenvalue weighted by Gasteiger charge is -2.33. The van der Waals surface area contributed by atoms with Crippen molar-refractivity contribution >= 4 is 23.1 Å². The number of anilines is 2. The molecule has 1 N–H and O–H groups in total. The van der Waals surface area contributed by atoms with Crippen LogP contribution in [0.5, 0.6) is 0 Å². The fraction of sp³-hybridized carbons (Fsp3) is 0.200. The lowest BCUT2D eigenvalue weighted by molar-refractivity contribution is -0.117. The number of ketones is 1. The summed E-state index contributed by atoms with van der Waals surface area (Å²) in [4.78, 5) is 28.0. The Bertz CT molecular complexity index is 1130. The molecule has 1 aliphatic carbocycles. The van der Waals surface area contributed by atoms with Gasteiger partial charge in [-0.3, -0.25) is 14.5 Å². The maximum Gasteiger partial charge on any atom is 0.224 e. The molecule has 0 saturated heterocycles. The first-order valence-electron chi connectivity index (χ1n) is 10.1. The molecule has 3 aromatic rings. The summed E-state index contributed by atoms with van der Waals surface area (Å²) in [5.74, 6) is 0.580. The number of rotatable bonds is 2. The maximum absolute atomic E-state index is 13.5. The lowest BCUT2D eigenvalue weighted by Crippen LogP contribution is -2.37. The largest absolute Gasteiger partial charge is 0.467 e. The summed E-state index contributed by atoms with van der Waals surface area (Å²) in [6.45, 7) is 1.53. The predicted octanol–water partition coefficient (Wildman–Crippen LogP) is 5.20. The van der Waals surface area contributed by atoms with Crippen molar-refractivity contribution in [1.82, 2.24) is 0 Å². The number of allylic oxidation sites excluding steroid dienone is 1. The van der Waals surface area contributed by atoms with Crippen molar-refractivity contribution in [3.8, 4) is 0 Å². The molecule has 5 heteroatoms. The van der Waals surface area contributed by atoms with Crippen molar-refractivity contribution in [3.63, 3.8) is 0 Å². The van der Waals surface area contributed by atoms with Crippen molar-refractivity contribution in [2.75, 3.05) is 10.2 Å². The van der Waals surface area contributed by atoms with Gasteiger partial charge >= 0.3 is 0 Å². The van der Waals surface area contributed by atoms with Crippen LogP contribution < -0.4 is 10.2 Å². The molecule has 1 amide bonds. The summed E-state index contributed by atoms with van der Waals surface area (Å²) < 4.78 is 5.72. The summed E-state index contributed by atoms with van der Waals surface area (Å²) in [6.07, 6.45) is 2.68. The van der Waals surface area contributed by atoms with Crippen LogP contribution in [-0.2, 0) is 9.59 Å². The van der Waals surface area contributed by atoms with Gasteiger partial charge in [-0.1, -0.05) is 42.5 Å². The van der Waals surface area contributed by atoms with E-state index in [-0.39, 0.29) is 17.6 Å². The van der Waals surface area contributed by atoms with E-state index < -0.39 is 6.04 Å². The zero-order valence-corrected chi connectivity index (χ0v) is 16.7. The van der Waals surface area contributed by atoms with E-state index in [9.17, 15) is 9.59 Å². The number of nitrogens with zero attached hydrogens (tertiary/aromatic N) is 1. The van der Waals surface area contributed by atoms with E-state index in [1.807, 2.05) is 48.5 Å². The highest BCUT2D eigenvalue weighted by atomic mass is 16.3.